The molecule has 0 fully saturated rings. The number of amides is 2. The lowest BCUT2D eigenvalue weighted by molar-refractivity contribution is 0.206. The molecule has 0 aliphatic heterocycles. The molecule has 1 unspecified atom stereocenters. The number of nitrogens with zero attached hydrogens (tertiary/aromatic N) is 2. The van der Waals surface area contributed by atoms with Crippen LogP contribution in [-0.2, 0) is 0 Å². The van der Waals surface area contributed by atoms with E-state index in [1.165, 1.54) is 0 Å². The van der Waals surface area contributed by atoms with E-state index in [0.29, 0.717) is 6.54 Å². The second kappa shape index (κ2) is 5.70. The molecule has 0 saturated carbocycles. The maximum atomic E-state index is 11.6. The van der Waals surface area contributed by atoms with Gasteiger partial charge in [0.1, 0.15) is 5.01 Å². The minimum Gasteiger partial charge on any atom is -0.329 e. The highest BCUT2D eigenvalue weighted by Gasteiger charge is 2.16. The molecule has 0 aliphatic carbocycles. The highest BCUT2D eigenvalue weighted by molar-refractivity contribution is 7.09. The first-order valence-electron chi connectivity index (χ1n) is 5.10. The summed E-state index contributed by atoms with van der Waals surface area (Å²) in [4.78, 5) is 17.5. The minimum absolute atomic E-state index is 0.0338. The molecule has 2 amide bonds. The lowest BCUT2D eigenvalue weighted by Crippen LogP contribution is -2.39. The minimum atomic E-state index is -0.0421. The van der Waals surface area contributed by atoms with Crippen molar-refractivity contribution in [3.8, 4) is 0 Å². The first kappa shape index (κ1) is 12.0. The van der Waals surface area contributed by atoms with E-state index >= 15 is 0 Å². The summed E-state index contributed by atoms with van der Waals surface area (Å²) in [6.45, 7) is 4.70. The van der Waals surface area contributed by atoms with Gasteiger partial charge in [-0.15, -0.1) is 11.3 Å². The molecule has 1 heterocycles. The Morgan fingerprint density at radius 2 is 2.40 bits per heavy atom. The molecule has 1 atom stereocenters. The van der Waals surface area contributed by atoms with Crippen molar-refractivity contribution in [1.29, 1.82) is 0 Å². The summed E-state index contributed by atoms with van der Waals surface area (Å²) in [6.07, 6.45) is 2.62. The molecule has 0 radical (unpaired) electrons. The van der Waals surface area contributed by atoms with Gasteiger partial charge in [0.2, 0.25) is 0 Å². The average molecular weight is 227 g/mol. The van der Waals surface area contributed by atoms with Crippen molar-refractivity contribution in [2.24, 2.45) is 0 Å². The molecular weight excluding hydrogens is 210 g/mol. The summed E-state index contributed by atoms with van der Waals surface area (Å²) >= 11 is 1.57. The zero-order valence-electron chi connectivity index (χ0n) is 9.36. The Hall–Kier alpha value is -1.10. The van der Waals surface area contributed by atoms with E-state index in [9.17, 15) is 4.79 Å². The standard InChI is InChI=1S/C10H17N3OS/c1-4-8(9-11-6-7-15-9)12-10(14)13(3)5-2/h6-8H,4-5H2,1-3H3,(H,12,14). The molecule has 5 heteroatoms. The van der Waals surface area contributed by atoms with Crippen LogP contribution in [0, 0.1) is 0 Å². The summed E-state index contributed by atoms with van der Waals surface area (Å²) in [6, 6.07) is -0.00829. The summed E-state index contributed by atoms with van der Waals surface area (Å²) in [5.41, 5.74) is 0. The van der Waals surface area contributed by atoms with Crippen LogP contribution in [0.3, 0.4) is 0 Å². The number of nitrogens with one attached hydrogen (secondary N) is 1. The van der Waals surface area contributed by atoms with Gasteiger partial charge in [-0.25, -0.2) is 9.78 Å². The predicted molar refractivity (Wildman–Crippen MR) is 62.0 cm³/mol. The van der Waals surface area contributed by atoms with E-state index in [1.807, 2.05) is 19.2 Å². The van der Waals surface area contributed by atoms with Crippen molar-refractivity contribution in [2.45, 2.75) is 26.3 Å². The van der Waals surface area contributed by atoms with Gasteiger partial charge in [0.05, 0.1) is 6.04 Å². The predicted octanol–water partition coefficient (Wildman–Crippen LogP) is 2.26. The van der Waals surface area contributed by atoms with E-state index in [1.54, 1.807) is 29.5 Å². The van der Waals surface area contributed by atoms with Crippen molar-refractivity contribution >= 4 is 17.4 Å². The van der Waals surface area contributed by atoms with Crippen LogP contribution in [0.15, 0.2) is 11.6 Å². The van der Waals surface area contributed by atoms with Crippen LogP contribution >= 0.6 is 11.3 Å². The number of carbonyl (C=O) groups is 1. The Kier molecular flexibility index (Phi) is 4.55. The molecule has 0 bridgehead atoms. The van der Waals surface area contributed by atoms with Crippen LogP contribution in [0.2, 0.25) is 0 Å². The van der Waals surface area contributed by atoms with E-state index in [0.717, 1.165) is 11.4 Å². The normalized spacial score (nSPS) is 12.2. The largest absolute Gasteiger partial charge is 0.329 e. The lowest BCUT2D eigenvalue weighted by atomic mass is 10.2. The highest BCUT2D eigenvalue weighted by atomic mass is 32.1. The molecule has 1 N–H and O–H groups in total. The third-order valence-electron chi connectivity index (χ3n) is 2.28. The molecular formula is C10H17N3OS. The fraction of sp³-hybridized carbons (Fsp3) is 0.600. The van der Waals surface area contributed by atoms with Gasteiger partial charge in [-0.3, -0.25) is 0 Å². The molecule has 84 valence electrons. The number of carbonyl (C=O) groups excluding carboxylic acids is 1. The Labute approximate surface area is 94.3 Å². The van der Waals surface area contributed by atoms with Crippen molar-refractivity contribution < 1.29 is 4.79 Å². The van der Waals surface area contributed by atoms with Crippen molar-refractivity contribution in [3.63, 3.8) is 0 Å². The average Bonchev–Trinajstić information content (AvgIpc) is 2.77. The second-order valence-electron chi connectivity index (χ2n) is 3.29. The van der Waals surface area contributed by atoms with Crippen LogP contribution in [-0.4, -0.2) is 29.5 Å². The Morgan fingerprint density at radius 1 is 1.67 bits per heavy atom. The molecule has 15 heavy (non-hydrogen) atoms. The summed E-state index contributed by atoms with van der Waals surface area (Å²) in [5.74, 6) is 0. The second-order valence-corrected chi connectivity index (χ2v) is 4.22. The molecule has 0 aromatic carbocycles. The Balaban J connectivity index is 2.58. The molecule has 1 aromatic heterocycles. The number of hydrogen-bond donors (Lipinski definition) is 1. The van der Waals surface area contributed by atoms with E-state index in [2.05, 4.69) is 10.3 Å². The van der Waals surface area contributed by atoms with Gasteiger partial charge < -0.3 is 10.2 Å². The molecule has 0 aliphatic rings. The first-order chi connectivity index (χ1) is 7.19. The molecule has 1 rings (SSSR count). The van der Waals surface area contributed by atoms with Gasteiger partial charge in [-0.05, 0) is 13.3 Å². The lowest BCUT2D eigenvalue weighted by Gasteiger charge is -2.20. The van der Waals surface area contributed by atoms with Gasteiger partial charge in [0.25, 0.3) is 0 Å². The van der Waals surface area contributed by atoms with Gasteiger partial charge in [-0.1, -0.05) is 6.92 Å². The maximum absolute atomic E-state index is 11.6. The van der Waals surface area contributed by atoms with Crippen LogP contribution < -0.4 is 5.32 Å². The zero-order chi connectivity index (χ0) is 11.3. The van der Waals surface area contributed by atoms with Crippen LogP contribution in [0.25, 0.3) is 0 Å². The third kappa shape index (κ3) is 3.20. The molecule has 1 aromatic rings. The Morgan fingerprint density at radius 3 is 2.87 bits per heavy atom. The third-order valence-corrected chi connectivity index (χ3v) is 3.17. The van der Waals surface area contributed by atoms with Gasteiger partial charge in [0.15, 0.2) is 0 Å². The molecule has 0 spiro atoms. The SMILES string of the molecule is CCC(NC(=O)N(C)CC)c1nccs1. The van der Waals surface area contributed by atoms with Gasteiger partial charge in [0, 0.05) is 25.2 Å². The van der Waals surface area contributed by atoms with E-state index in [4.69, 9.17) is 0 Å². The quantitative estimate of drug-likeness (QED) is 0.857. The highest BCUT2D eigenvalue weighted by Crippen LogP contribution is 2.18. The fourth-order valence-electron chi connectivity index (χ4n) is 1.15. The number of rotatable bonds is 4. The van der Waals surface area contributed by atoms with E-state index < -0.39 is 0 Å². The maximum Gasteiger partial charge on any atom is 0.317 e. The van der Waals surface area contributed by atoms with Crippen molar-refractivity contribution in [3.05, 3.63) is 16.6 Å². The molecule has 0 saturated heterocycles. The topological polar surface area (TPSA) is 45.2 Å². The summed E-state index contributed by atoms with van der Waals surface area (Å²) in [5, 5.41) is 5.85. The molecule has 4 nitrogen and oxygen atoms in total. The van der Waals surface area contributed by atoms with Crippen LogP contribution in [0.4, 0.5) is 4.79 Å². The fourth-order valence-corrected chi connectivity index (χ4v) is 1.92. The van der Waals surface area contributed by atoms with Crippen LogP contribution in [0.1, 0.15) is 31.3 Å². The van der Waals surface area contributed by atoms with Crippen molar-refractivity contribution in [1.82, 2.24) is 15.2 Å². The number of aromatic nitrogens is 1. The van der Waals surface area contributed by atoms with Crippen LogP contribution in [0.5, 0.6) is 0 Å². The number of urea groups is 1. The van der Waals surface area contributed by atoms with Gasteiger partial charge >= 0.3 is 6.03 Å². The van der Waals surface area contributed by atoms with Gasteiger partial charge in [-0.2, -0.15) is 0 Å². The summed E-state index contributed by atoms with van der Waals surface area (Å²) in [7, 11) is 1.78. The monoisotopic (exact) mass is 227 g/mol. The Bertz CT molecular complexity index is 300. The smallest absolute Gasteiger partial charge is 0.317 e. The number of thiazole rings is 1. The zero-order valence-corrected chi connectivity index (χ0v) is 10.2. The van der Waals surface area contributed by atoms with E-state index in [-0.39, 0.29) is 12.1 Å². The van der Waals surface area contributed by atoms with Crippen molar-refractivity contribution in [2.75, 3.05) is 13.6 Å². The number of hydrogen-bond acceptors (Lipinski definition) is 3. The summed E-state index contributed by atoms with van der Waals surface area (Å²) < 4.78 is 0. The first-order valence-corrected chi connectivity index (χ1v) is 5.98.